The molecule has 2 aliphatic rings. The first-order valence-corrected chi connectivity index (χ1v) is 21.1. The van der Waals surface area contributed by atoms with Crippen molar-refractivity contribution in [3.63, 3.8) is 0 Å². The van der Waals surface area contributed by atoms with Crippen LogP contribution in [0.4, 0.5) is 0 Å². The molecule has 55 heavy (non-hydrogen) atoms. The number of hydrogen-bond acceptors (Lipinski definition) is 9. The van der Waals surface area contributed by atoms with Crippen LogP contribution >= 0.6 is 11.3 Å². The second-order valence-corrected chi connectivity index (χ2v) is 17.0. The van der Waals surface area contributed by atoms with Gasteiger partial charge in [0.15, 0.2) is 0 Å². The second kappa shape index (κ2) is 20.7. The minimum absolute atomic E-state index is 0.000717. The Morgan fingerprint density at radius 1 is 1.05 bits per heavy atom. The molecule has 4 unspecified atom stereocenters. The summed E-state index contributed by atoms with van der Waals surface area (Å²) in [6, 6.07) is 8.25. The minimum Gasteiger partial charge on any atom is -0.379 e. The molecule has 13 heteroatoms. The quantitative estimate of drug-likeness (QED) is 0.178. The van der Waals surface area contributed by atoms with Crippen molar-refractivity contribution in [1.82, 2.24) is 30.7 Å². The van der Waals surface area contributed by atoms with E-state index in [1.807, 2.05) is 68.3 Å². The van der Waals surface area contributed by atoms with Gasteiger partial charge in [-0.2, -0.15) is 0 Å². The van der Waals surface area contributed by atoms with Crippen molar-refractivity contribution in [1.29, 1.82) is 0 Å². The lowest BCUT2D eigenvalue weighted by atomic mass is 9.88. The molecule has 4 rings (SSSR count). The van der Waals surface area contributed by atoms with Crippen molar-refractivity contribution in [3.8, 4) is 0 Å². The number of carbonyl (C=O) groups is 4. The maximum atomic E-state index is 14.3. The third-order valence-electron chi connectivity index (χ3n) is 11.9. The van der Waals surface area contributed by atoms with E-state index in [0.717, 1.165) is 42.8 Å². The van der Waals surface area contributed by atoms with Crippen LogP contribution in [0.15, 0.2) is 41.9 Å². The minimum atomic E-state index is -0.737. The van der Waals surface area contributed by atoms with E-state index in [1.165, 1.54) is 11.3 Å². The fourth-order valence-corrected chi connectivity index (χ4v) is 9.04. The van der Waals surface area contributed by atoms with E-state index in [4.69, 9.17) is 9.47 Å². The summed E-state index contributed by atoms with van der Waals surface area (Å²) in [5.74, 6) is -1.34. The van der Waals surface area contributed by atoms with Crippen LogP contribution in [0.2, 0.25) is 0 Å². The lowest BCUT2D eigenvalue weighted by molar-refractivity contribution is -0.148. The van der Waals surface area contributed by atoms with Gasteiger partial charge in [-0.15, -0.1) is 11.3 Å². The number of carbonyl (C=O) groups excluding carboxylic acids is 4. The number of likely N-dealkylation sites (tertiary alicyclic amines) is 1. The van der Waals surface area contributed by atoms with Crippen molar-refractivity contribution >= 4 is 35.0 Å². The summed E-state index contributed by atoms with van der Waals surface area (Å²) in [7, 11) is 4.95. The Balaban J connectivity index is 1.47. The summed E-state index contributed by atoms with van der Waals surface area (Å²) in [4.78, 5) is 64.1. The molecule has 306 valence electrons. The zero-order chi connectivity index (χ0) is 40.3. The number of hydrogen-bond donors (Lipinski definition) is 3. The predicted molar refractivity (Wildman–Crippen MR) is 216 cm³/mol. The van der Waals surface area contributed by atoms with Gasteiger partial charge in [-0.25, -0.2) is 4.98 Å². The second-order valence-electron chi connectivity index (χ2n) is 16.1. The van der Waals surface area contributed by atoms with Crippen molar-refractivity contribution in [3.05, 3.63) is 52.5 Å². The Kier molecular flexibility index (Phi) is 16.7. The molecule has 3 heterocycles. The number of thiazole rings is 1. The average Bonchev–Trinajstić information content (AvgIpc) is 3.90. The van der Waals surface area contributed by atoms with Crippen LogP contribution in [0.25, 0.3) is 0 Å². The van der Waals surface area contributed by atoms with Gasteiger partial charge in [0, 0.05) is 39.4 Å². The van der Waals surface area contributed by atoms with E-state index in [0.29, 0.717) is 25.8 Å². The van der Waals surface area contributed by atoms with Gasteiger partial charge < -0.3 is 35.2 Å². The van der Waals surface area contributed by atoms with Crippen molar-refractivity contribution < 1.29 is 28.7 Å². The molecule has 0 bridgehead atoms. The summed E-state index contributed by atoms with van der Waals surface area (Å²) in [5, 5.41) is 12.4. The lowest BCUT2D eigenvalue weighted by Crippen LogP contribution is -2.63. The largest absolute Gasteiger partial charge is 0.379 e. The van der Waals surface area contributed by atoms with Crippen molar-refractivity contribution in [2.45, 2.75) is 135 Å². The van der Waals surface area contributed by atoms with Gasteiger partial charge >= 0.3 is 0 Å². The van der Waals surface area contributed by atoms with Crippen LogP contribution < -0.4 is 16.0 Å². The molecule has 1 aromatic carbocycles. The molecule has 2 fully saturated rings. The van der Waals surface area contributed by atoms with Crippen LogP contribution in [0.5, 0.6) is 0 Å². The Bertz CT molecular complexity index is 1520. The van der Waals surface area contributed by atoms with Crippen LogP contribution in [0.1, 0.15) is 103 Å². The number of piperidine rings is 1. The number of ether oxygens (including phenoxy) is 2. The highest BCUT2D eigenvalue weighted by Crippen LogP contribution is 2.31. The average molecular weight is 783 g/mol. The number of nitrogens with zero attached hydrogens (tertiary/aromatic N) is 3. The maximum Gasteiger partial charge on any atom is 0.245 e. The number of nitrogens with one attached hydrogen (secondary N) is 3. The van der Waals surface area contributed by atoms with E-state index in [9.17, 15) is 19.2 Å². The van der Waals surface area contributed by atoms with Crippen LogP contribution in [-0.2, 0) is 35.1 Å². The highest BCUT2D eigenvalue weighted by Gasteiger charge is 2.44. The van der Waals surface area contributed by atoms with Gasteiger partial charge in [-0.05, 0) is 69.4 Å². The fourth-order valence-electron chi connectivity index (χ4n) is 8.35. The van der Waals surface area contributed by atoms with E-state index >= 15 is 0 Å². The molecule has 0 radical (unpaired) electrons. The number of likely N-dealkylation sites (N-methyl/N-ethyl adjacent to an activating group) is 1. The van der Waals surface area contributed by atoms with Gasteiger partial charge in [0.2, 0.25) is 23.6 Å². The maximum absolute atomic E-state index is 14.3. The first-order valence-electron chi connectivity index (χ1n) is 20.2. The number of aromatic nitrogens is 1. The molecule has 9 atom stereocenters. The van der Waals surface area contributed by atoms with E-state index < -0.39 is 35.7 Å². The monoisotopic (exact) mass is 782 g/mol. The third kappa shape index (κ3) is 11.1. The standard InChI is InChI=1S/C42H66N6O6S/c1-10-28(4)36(47(7)40(51)35(27(2)3)46-41(52)42(6)20-14-15-21-44-42)33(53-8)26-34(49)48-23-16-19-32(48)37(54-9)29(5)38(50)45-31(39-43-22-24-55-39)25-30-17-12-11-13-18-30/h11-13,17-18,22,24,27-29,31-33,35-37,44H,10,14-16,19-21,23,25-26H2,1-9H3,(H,45,50)(H,46,52)/t28-,29?,31-,32-,33+,35-,36?,37?,42?/m0/s1. The Hall–Kier alpha value is -3.39. The molecule has 0 saturated carbocycles. The van der Waals surface area contributed by atoms with Gasteiger partial charge in [0.25, 0.3) is 0 Å². The van der Waals surface area contributed by atoms with E-state index in [-0.39, 0.29) is 54.0 Å². The summed E-state index contributed by atoms with van der Waals surface area (Å²) in [6.07, 6.45) is 6.21. The number of amides is 4. The summed E-state index contributed by atoms with van der Waals surface area (Å²) >= 11 is 1.51. The topological polar surface area (TPSA) is 142 Å². The van der Waals surface area contributed by atoms with Crippen LogP contribution in [0, 0.1) is 17.8 Å². The first-order chi connectivity index (χ1) is 26.3. The molecule has 0 spiro atoms. The SMILES string of the molecule is CC[C@H](C)C([C@@H](CC(=O)N1CCC[C@H]1C(OC)C(C)C(=O)N[C@@H](Cc1ccccc1)c1nccs1)OC)N(C)C(=O)[C@@H](NC(=O)C1(C)CCCCN1)C(C)C. The molecule has 2 aliphatic heterocycles. The van der Waals surface area contributed by atoms with Crippen molar-refractivity contribution in [2.24, 2.45) is 17.8 Å². The molecular formula is C42H66N6O6S. The van der Waals surface area contributed by atoms with Gasteiger partial charge in [0.05, 0.1) is 48.2 Å². The van der Waals surface area contributed by atoms with Gasteiger partial charge in [-0.3, -0.25) is 19.2 Å². The molecule has 4 amide bonds. The van der Waals surface area contributed by atoms with Gasteiger partial charge in [-0.1, -0.05) is 71.4 Å². The predicted octanol–water partition coefficient (Wildman–Crippen LogP) is 5.14. The Morgan fingerprint density at radius 2 is 1.78 bits per heavy atom. The highest BCUT2D eigenvalue weighted by atomic mass is 32.1. The molecule has 2 aromatic rings. The Labute approximate surface area is 332 Å². The zero-order valence-electron chi connectivity index (χ0n) is 34.5. The van der Waals surface area contributed by atoms with Crippen LogP contribution in [-0.4, -0.2) is 109 Å². The Morgan fingerprint density at radius 3 is 2.36 bits per heavy atom. The van der Waals surface area contributed by atoms with Crippen molar-refractivity contribution in [2.75, 3.05) is 34.4 Å². The molecule has 2 saturated heterocycles. The van der Waals surface area contributed by atoms with E-state index in [1.54, 1.807) is 32.4 Å². The summed E-state index contributed by atoms with van der Waals surface area (Å²) in [6.45, 7) is 13.1. The van der Waals surface area contributed by atoms with Crippen LogP contribution in [0.3, 0.4) is 0 Å². The molecule has 1 aromatic heterocycles. The highest BCUT2D eigenvalue weighted by molar-refractivity contribution is 7.09. The number of benzene rings is 1. The summed E-state index contributed by atoms with van der Waals surface area (Å²) in [5.41, 5.74) is 0.370. The molecule has 0 aliphatic carbocycles. The third-order valence-corrected chi connectivity index (χ3v) is 12.8. The normalized spacial score (nSPS) is 22.6. The van der Waals surface area contributed by atoms with Gasteiger partial charge in [0.1, 0.15) is 11.0 Å². The first kappa shape index (κ1) is 44.3. The summed E-state index contributed by atoms with van der Waals surface area (Å²) < 4.78 is 12.1. The van der Waals surface area contributed by atoms with E-state index in [2.05, 4.69) is 34.8 Å². The number of rotatable bonds is 19. The molecular weight excluding hydrogens is 717 g/mol. The zero-order valence-corrected chi connectivity index (χ0v) is 35.3. The number of methoxy groups -OCH3 is 2. The molecule has 12 nitrogen and oxygen atoms in total. The fraction of sp³-hybridized carbons (Fsp3) is 0.690. The lowest BCUT2D eigenvalue weighted by Gasteiger charge is -2.41. The smallest absolute Gasteiger partial charge is 0.245 e. The molecule has 3 N–H and O–H groups in total.